The molecule has 2 aromatic heterocycles. The van der Waals surface area contributed by atoms with E-state index in [1.54, 1.807) is 10.7 Å². The predicted molar refractivity (Wildman–Crippen MR) is 113 cm³/mol. The molecule has 1 N–H and O–H groups in total. The highest BCUT2D eigenvalue weighted by atomic mass is 19.1. The Labute approximate surface area is 170 Å². The number of ether oxygens (including phenoxy) is 1. The van der Waals surface area contributed by atoms with Gasteiger partial charge in [0.1, 0.15) is 17.4 Å². The van der Waals surface area contributed by atoms with Gasteiger partial charge in [-0.15, -0.1) is 0 Å². The fourth-order valence-corrected chi connectivity index (χ4v) is 3.96. The van der Waals surface area contributed by atoms with Crippen molar-refractivity contribution in [2.45, 2.75) is 38.6 Å². The molecule has 1 unspecified atom stereocenters. The van der Waals surface area contributed by atoms with Crippen LogP contribution in [-0.2, 0) is 0 Å². The second-order valence-corrected chi connectivity index (χ2v) is 7.65. The highest BCUT2D eigenvalue weighted by Crippen LogP contribution is 2.29. The SMILES string of the molecule is CNc1ccn2ncc(-c3cc(F)cc(OCCCN4CCCCC4C)c3)c2n1. The molecule has 1 aliphatic rings. The number of halogens is 1. The summed E-state index contributed by atoms with van der Waals surface area (Å²) >= 11 is 0. The van der Waals surface area contributed by atoms with Crippen molar-refractivity contribution in [3.05, 3.63) is 42.5 Å². The lowest BCUT2D eigenvalue weighted by atomic mass is 10.0. The number of hydrogen-bond donors (Lipinski definition) is 1. The second kappa shape index (κ2) is 8.78. The lowest BCUT2D eigenvalue weighted by Crippen LogP contribution is -2.38. The number of piperidine rings is 1. The maximum Gasteiger partial charge on any atom is 0.165 e. The van der Waals surface area contributed by atoms with Crippen molar-refractivity contribution in [3.63, 3.8) is 0 Å². The summed E-state index contributed by atoms with van der Waals surface area (Å²) in [7, 11) is 1.81. The average molecular weight is 397 g/mol. The van der Waals surface area contributed by atoms with Crippen molar-refractivity contribution in [1.82, 2.24) is 19.5 Å². The van der Waals surface area contributed by atoms with E-state index >= 15 is 0 Å². The van der Waals surface area contributed by atoms with E-state index in [2.05, 4.69) is 27.2 Å². The number of aromatic nitrogens is 3. The van der Waals surface area contributed by atoms with E-state index in [-0.39, 0.29) is 5.82 Å². The zero-order valence-electron chi connectivity index (χ0n) is 17.1. The van der Waals surface area contributed by atoms with E-state index in [4.69, 9.17) is 4.74 Å². The third kappa shape index (κ3) is 4.50. The van der Waals surface area contributed by atoms with Crippen molar-refractivity contribution in [2.75, 3.05) is 32.1 Å². The summed E-state index contributed by atoms with van der Waals surface area (Å²) in [5.41, 5.74) is 2.15. The highest BCUT2D eigenvalue weighted by Gasteiger charge is 2.17. The normalized spacial score (nSPS) is 17.6. The summed E-state index contributed by atoms with van der Waals surface area (Å²) < 4.78 is 21.8. The minimum atomic E-state index is -0.328. The van der Waals surface area contributed by atoms with E-state index in [0.29, 0.717) is 29.6 Å². The molecule has 0 aliphatic carbocycles. The van der Waals surface area contributed by atoms with Crippen molar-refractivity contribution in [1.29, 1.82) is 0 Å². The Bertz CT molecular complexity index is 973. The molecule has 3 heterocycles. The molecule has 1 aromatic carbocycles. The maximum atomic E-state index is 14.3. The third-order valence-corrected chi connectivity index (χ3v) is 5.61. The van der Waals surface area contributed by atoms with Gasteiger partial charge in [-0.3, -0.25) is 0 Å². The standard InChI is InChI=1S/C22H28FN5O/c1-16-6-3-4-8-27(16)9-5-11-29-19-13-17(12-18(23)14-19)20-15-25-28-10-7-21(24-2)26-22(20)28/h7,10,12-16H,3-6,8-9,11H2,1-2H3,(H,24,26). The van der Waals surface area contributed by atoms with Gasteiger partial charge in [-0.2, -0.15) is 5.10 Å². The molecule has 0 spiro atoms. The van der Waals surface area contributed by atoms with Gasteiger partial charge in [0.2, 0.25) is 0 Å². The monoisotopic (exact) mass is 397 g/mol. The van der Waals surface area contributed by atoms with Gasteiger partial charge in [0, 0.05) is 37.5 Å². The maximum absolute atomic E-state index is 14.3. The van der Waals surface area contributed by atoms with Gasteiger partial charge in [0.25, 0.3) is 0 Å². The molecule has 154 valence electrons. The average Bonchev–Trinajstić information content (AvgIpc) is 3.15. The molecule has 1 atom stereocenters. The van der Waals surface area contributed by atoms with Crippen LogP contribution in [0.1, 0.15) is 32.6 Å². The van der Waals surface area contributed by atoms with Gasteiger partial charge in [-0.05, 0) is 56.5 Å². The van der Waals surface area contributed by atoms with Gasteiger partial charge < -0.3 is 15.0 Å². The molecule has 4 rings (SSSR count). The predicted octanol–water partition coefficient (Wildman–Crippen LogP) is 4.22. The van der Waals surface area contributed by atoms with Gasteiger partial charge in [-0.1, -0.05) is 6.42 Å². The first-order chi connectivity index (χ1) is 14.1. The fourth-order valence-electron chi connectivity index (χ4n) is 3.96. The number of rotatable bonds is 7. The minimum absolute atomic E-state index is 0.328. The summed E-state index contributed by atoms with van der Waals surface area (Å²) in [6, 6.07) is 7.28. The number of benzene rings is 1. The molecule has 1 saturated heterocycles. The highest BCUT2D eigenvalue weighted by molar-refractivity contribution is 5.78. The molecule has 6 nitrogen and oxygen atoms in total. The smallest absolute Gasteiger partial charge is 0.165 e. The molecule has 0 saturated carbocycles. The lowest BCUT2D eigenvalue weighted by Gasteiger charge is -2.33. The quantitative estimate of drug-likeness (QED) is 0.605. The van der Waals surface area contributed by atoms with Crippen LogP contribution in [-0.4, -0.2) is 52.3 Å². The Morgan fingerprint density at radius 3 is 3.00 bits per heavy atom. The summed E-state index contributed by atoms with van der Waals surface area (Å²) in [6.45, 7) is 5.06. The van der Waals surface area contributed by atoms with Crippen LogP contribution in [0, 0.1) is 5.82 Å². The molecular formula is C22H28FN5O. The van der Waals surface area contributed by atoms with Crippen molar-refractivity contribution in [2.24, 2.45) is 0 Å². The summed E-state index contributed by atoms with van der Waals surface area (Å²) in [5, 5.41) is 7.34. The molecule has 0 radical (unpaired) electrons. The van der Waals surface area contributed by atoms with Crippen LogP contribution < -0.4 is 10.1 Å². The van der Waals surface area contributed by atoms with Crippen LogP contribution >= 0.6 is 0 Å². The van der Waals surface area contributed by atoms with E-state index in [0.717, 1.165) is 24.3 Å². The van der Waals surface area contributed by atoms with E-state index in [1.807, 2.05) is 25.4 Å². The Morgan fingerprint density at radius 2 is 2.17 bits per heavy atom. The molecule has 3 aromatic rings. The Kier molecular flexibility index (Phi) is 5.94. The van der Waals surface area contributed by atoms with Crippen LogP contribution in [0.15, 0.2) is 36.7 Å². The minimum Gasteiger partial charge on any atom is -0.493 e. The summed E-state index contributed by atoms with van der Waals surface area (Å²) in [5.74, 6) is 0.946. The largest absolute Gasteiger partial charge is 0.493 e. The van der Waals surface area contributed by atoms with E-state index in [9.17, 15) is 4.39 Å². The summed E-state index contributed by atoms with van der Waals surface area (Å²) in [6.07, 6.45) is 8.35. The molecule has 0 bridgehead atoms. The van der Waals surface area contributed by atoms with Crippen LogP contribution in [0.4, 0.5) is 10.2 Å². The number of anilines is 1. The van der Waals surface area contributed by atoms with Gasteiger partial charge in [0.15, 0.2) is 5.65 Å². The molecule has 0 amide bonds. The second-order valence-electron chi connectivity index (χ2n) is 7.65. The molecular weight excluding hydrogens is 369 g/mol. The van der Waals surface area contributed by atoms with Gasteiger partial charge >= 0.3 is 0 Å². The fraction of sp³-hybridized carbons (Fsp3) is 0.455. The lowest BCUT2D eigenvalue weighted by molar-refractivity contribution is 0.148. The first-order valence-corrected chi connectivity index (χ1v) is 10.3. The zero-order chi connectivity index (χ0) is 20.2. The number of hydrogen-bond acceptors (Lipinski definition) is 5. The molecule has 1 aliphatic heterocycles. The van der Waals surface area contributed by atoms with Crippen molar-refractivity contribution < 1.29 is 9.13 Å². The third-order valence-electron chi connectivity index (χ3n) is 5.61. The molecule has 7 heteroatoms. The van der Waals surface area contributed by atoms with Crippen LogP contribution in [0.2, 0.25) is 0 Å². The van der Waals surface area contributed by atoms with Crippen molar-refractivity contribution in [3.8, 4) is 16.9 Å². The topological polar surface area (TPSA) is 54.7 Å². The zero-order valence-corrected chi connectivity index (χ0v) is 17.1. The van der Waals surface area contributed by atoms with Crippen LogP contribution in [0.3, 0.4) is 0 Å². The Morgan fingerprint density at radius 1 is 1.28 bits per heavy atom. The number of fused-ring (bicyclic) bond motifs is 1. The summed E-state index contributed by atoms with van der Waals surface area (Å²) in [4.78, 5) is 7.07. The Hall–Kier alpha value is -2.67. The first-order valence-electron chi connectivity index (χ1n) is 10.3. The van der Waals surface area contributed by atoms with Crippen LogP contribution in [0.25, 0.3) is 16.8 Å². The number of likely N-dealkylation sites (tertiary alicyclic amines) is 1. The van der Waals surface area contributed by atoms with Gasteiger partial charge in [-0.25, -0.2) is 13.9 Å². The molecule has 29 heavy (non-hydrogen) atoms. The Balaban J connectivity index is 1.45. The number of nitrogens with one attached hydrogen (secondary N) is 1. The number of nitrogens with zero attached hydrogens (tertiary/aromatic N) is 4. The van der Waals surface area contributed by atoms with E-state index < -0.39 is 0 Å². The van der Waals surface area contributed by atoms with E-state index in [1.165, 1.54) is 37.9 Å². The molecule has 1 fully saturated rings. The first kappa shape index (κ1) is 19.6. The van der Waals surface area contributed by atoms with Gasteiger partial charge in [0.05, 0.1) is 12.8 Å². The van der Waals surface area contributed by atoms with Crippen molar-refractivity contribution >= 4 is 11.5 Å². The van der Waals surface area contributed by atoms with Crippen LogP contribution in [0.5, 0.6) is 5.75 Å².